The summed E-state index contributed by atoms with van der Waals surface area (Å²) >= 11 is 0. The molecule has 2 aromatic rings. The first-order valence-electron chi connectivity index (χ1n) is 7.73. The molecule has 0 aromatic heterocycles. The average Bonchev–Trinajstić information content (AvgIpc) is 2.61. The number of nitrogens with zero attached hydrogens (tertiary/aromatic N) is 3. The zero-order chi connectivity index (χ0) is 19.3. The highest BCUT2D eigenvalue weighted by molar-refractivity contribution is 5.95. The van der Waals surface area contributed by atoms with Crippen LogP contribution in [0.25, 0.3) is 0 Å². The van der Waals surface area contributed by atoms with Gasteiger partial charge in [-0.05, 0) is 19.7 Å². The second-order valence-electron chi connectivity index (χ2n) is 5.85. The van der Waals surface area contributed by atoms with E-state index in [2.05, 4.69) is 5.32 Å². The summed E-state index contributed by atoms with van der Waals surface area (Å²) < 4.78 is 0. The normalized spacial score (nSPS) is 11.8. The summed E-state index contributed by atoms with van der Waals surface area (Å²) in [6.45, 7) is 0.242. The van der Waals surface area contributed by atoms with E-state index in [1.54, 1.807) is 0 Å². The molecule has 0 saturated heterocycles. The molecule has 0 spiro atoms. The fourth-order valence-corrected chi connectivity index (χ4v) is 2.50. The smallest absolute Gasteiger partial charge is 0.277 e. The Morgan fingerprint density at radius 3 is 2.04 bits per heavy atom. The van der Waals surface area contributed by atoms with E-state index in [-0.39, 0.29) is 18.2 Å². The van der Waals surface area contributed by atoms with Crippen molar-refractivity contribution >= 4 is 17.3 Å². The van der Waals surface area contributed by atoms with Gasteiger partial charge in [-0.3, -0.25) is 25.0 Å². The molecule has 1 N–H and O–H groups in total. The van der Waals surface area contributed by atoms with Crippen LogP contribution in [0.2, 0.25) is 0 Å². The van der Waals surface area contributed by atoms with Crippen molar-refractivity contribution in [2.45, 2.75) is 6.04 Å². The number of nitro benzene ring substituents is 2. The van der Waals surface area contributed by atoms with Crippen molar-refractivity contribution in [1.82, 2.24) is 10.2 Å². The number of nitrogens with one attached hydrogen (secondary N) is 1. The zero-order valence-corrected chi connectivity index (χ0v) is 14.3. The summed E-state index contributed by atoms with van der Waals surface area (Å²) in [5.41, 5.74) is -0.146. The number of non-ortho nitro benzene ring substituents is 2. The number of hydrogen-bond acceptors (Lipinski definition) is 6. The molecule has 9 heteroatoms. The highest BCUT2D eigenvalue weighted by atomic mass is 16.6. The molecule has 26 heavy (non-hydrogen) atoms. The van der Waals surface area contributed by atoms with Crippen LogP contribution >= 0.6 is 0 Å². The third-order valence-electron chi connectivity index (χ3n) is 3.85. The maximum absolute atomic E-state index is 12.4. The third kappa shape index (κ3) is 4.61. The lowest BCUT2D eigenvalue weighted by Crippen LogP contribution is -2.34. The molecule has 0 aliphatic carbocycles. The molecular formula is C17H18N4O5. The van der Waals surface area contributed by atoms with Gasteiger partial charge in [-0.25, -0.2) is 0 Å². The van der Waals surface area contributed by atoms with Crippen LogP contribution in [0, 0.1) is 20.2 Å². The van der Waals surface area contributed by atoms with E-state index < -0.39 is 27.1 Å². The largest absolute Gasteiger partial charge is 0.350 e. The minimum absolute atomic E-state index is 0.117. The number of hydrogen-bond donors (Lipinski definition) is 1. The predicted octanol–water partition coefficient (Wildman–Crippen LogP) is 2.54. The van der Waals surface area contributed by atoms with Crippen molar-refractivity contribution in [3.8, 4) is 0 Å². The van der Waals surface area contributed by atoms with E-state index in [4.69, 9.17) is 0 Å². The van der Waals surface area contributed by atoms with Gasteiger partial charge in [0.05, 0.1) is 27.5 Å². The summed E-state index contributed by atoms with van der Waals surface area (Å²) in [7, 11) is 3.73. The lowest BCUT2D eigenvalue weighted by atomic mass is 10.1. The molecule has 0 aliphatic rings. The van der Waals surface area contributed by atoms with Crippen LogP contribution in [-0.2, 0) is 0 Å². The lowest BCUT2D eigenvalue weighted by Gasteiger charge is -2.25. The SMILES string of the molecule is CN(C)C(CNC(=O)c1cc([N+](=O)[O-])cc([N+](=O)[O-])c1)c1ccccc1. The van der Waals surface area contributed by atoms with Gasteiger partial charge >= 0.3 is 0 Å². The van der Waals surface area contributed by atoms with Crippen LogP contribution < -0.4 is 5.32 Å². The molecule has 0 bridgehead atoms. The molecule has 1 atom stereocenters. The average molecular weight is 358 g/mol. The molecule has 0 heterocycles. The Kier molecular flexibility index (Phi) is 5.97. The fraction of sp³-hybridized carbons (Fsp3) is 0.235. The third-order valence-corrected chi connectivity index (χ3v) is 3.85. The molecule has 136 valence electrons. The Morgan fingerprint density at radius 2 is 1.58 bits per heavy atom. The van der Waals surface area contributed by atoms with Crippen LogP contribution in [0.4, 0.5) is 11.4 Å². The lowest BCUT2D eigenvalue weighted by molar-refractivity contribution is -0.394. The van der Waals surface area contributed by atoms with Gasteiger partial charge in [-0.15, -0.1) is 0 Å². The fourth-order valence-electron chi connectivity index (χ4n) is 2.50. The number of nitro groups is 2. The van der Waals surface area contributed by atoms with Gasteiger partial charge in [-0.2, -0.15) is 0 Å². The molecule has 1 unspecified atom stereocenters. The molecular weight excluding hydrogens is 340 g/mol. The number of rotatable bonds is 7. The van der Waals surface area contributed by atoms with E-state index in [0.717, 1.165) is 23.8 Å². The first kappa shape index (κ1) is 19.0. The summed E-state index contributed by atoms with van der Waals surface area (Å²) in [5, 5.41) is 24.6. The molecule has 0 radical (unpaired) electrons. The Morgan fingerprint density at radius 1 is 1.04 bits per heavy atom. The maximum atomic E-state index is 12.4. The van der Waals surface area contributed by atoms with Gasteiger partial charge in [0.1, 0.15) is 0 Å². The predicted molar refractivity (Wildman–Crippen MR) is 95.0 cm³/mol. The molecule has 0 fully saturated rings. The minimum atomic E-state index is -0.767. The van der Waals surface area contributed by atoms with Gasteiger partial charge in [0, 0.05) is 18.7 Å². The van der Waals surface area contributed by atoms with Crippen LogP contribution in [0.15, 0.2) is 48.5 Å². The molecule has 0 aliphatic heterocycles. The summed E-state index contributed by atoms with van der Waals surface area (Å²) in [4.78, 5) is 34.6. The van der Waals surface area contributed by atoms with Gasteiger partial charge < -0.3 is 10.2 Å². The highest BCUT2D eigenvalue weighted by Gasteiger charge is 2.21. The summed E-state index contributed by atoms with van der Waals surface area (Å²) in [6.07, 6.45) is 0. The van der Waals surface area contributed by atoms with E-state index in [9.17, 15) is 25.0 Å². The van der Waals surface area contributed by atoms with Crippen molar-refractivity contribution in [2.24, 2.45) is 0 Å². The second kappa shape index (κ2) is 8.17. The van der Waals surface area contributed by atoms with Crippen LogP contribution in [0.1, 0.15) is 22.0 Å². The number of amides is 1. The van der Waals surface area contributed by atoms with Crippen molar-refractivity contribution in [3.05, 3.63) is 79.9 Å². The standard InChI is InChI=1S/C17H18N4O5/c1-19(2)16(12-6-4-3-5-7-12)11-18-17(22)13-8-14(20(23)24)10-15(9-13)21(25)26/h3-10,16H,11H2,1-2H3,(H,18,22). The second-order valence-corrected chi connectivity index (χ2v) is 5.85. The molecule has 2 aromatic carbocycles. The van der Waals surface area contributed by atoms with Crippen LogP contribution in [0.5, 0.6) is 0 Å². The van der Waals surface area contributed by atoms with Crippen molar-refractivity contribution in [2.75, 3.05) is 20.6 Å². The Balaban J connectivity index is 2.21. The van der Waals surface area contributed by atoms with Gasteiger partial charge in [0.25, 0.3) is 17.3 Å². The van der Waals surface area contributed by atoms with Crippen LogP contribution in [0.3, 0.4) is 0 Å². The number of carbonyl (C=O) groups is 1. The van der Waals surface area contributed by atoms with E-state index in [1.807, 2.05) is 49.3 Å². The Labute approximate surface area is 149 Å². The highest BCUT2D eigenvalue weighted by Crippen LogP contribution is 2.23. The van der Waals surface area contributed by atoms with Gasteiger partial charge in [0.2, 0.25) is 0 Å². The molecule has 2 rings (SSSR count). The quantitative estimate of drug-likeness (QED) is 0.600. The monoisotopic (exact) mass is 358 g/mol. The molecule has 0 saturated carbocycles. The van der Waals surface area contributed by atoms with E-state index in [0.29, 0.717) is 0 Å². The first-order valence-corrected chi connectivity index (χ1v) is 7.73. The zero-order valence-electron chi connectivity index (χ0n) is 14.3. The molecule has 9 nitrogen and oxygen atoms in total. The molecule has 1 amide bonds. The van der Waals surface area contributed by atoms with Gasteiger partial charge in [-0.1, -0.05) is 30.3 Å². The number of likely N-dealkylation sites (N-methyl/N-ethyl adjacent to an activating group) is 1. The van der Waals surface area contributed by atoms with Crippen molar-refractivity contribution in [3.63, 3.8) is 0 Å². The number of carbonyl (C=O) groups excluding carboxylic acids is 1. The van der Waals surface area contributed by atoms with Crippen LogP contribution in [-0.4, -0.2) is 41.3 Å². The summed E-state index contributed by atoms with van der Waals surface area (Å²) in [6, 6.07) is 12.3. The van der Waals surface area contributed by atoms with Crippen molar-refractivity contribution < 1.29 is 14.6 Å². The van der Waals surface area contributed by atoms with Gasteiger partial charge in [0.15, 0.2) is 0 Å². The topological polar surface area (TPSA) is 119 Å². The maximum Gasteiger partial charge on any atom is 0.277 e. The minimum Gasteiger partial charge on any atom is -0.350 e. The Hall–Kier alpha value is -3.33. The Bertz CT molecular complexity index is 791. The van der Waals surface area contributed by atoms with E-state index >= 15 is 0 Å². The number of benzene rings is 2. The van der Waals surface area contributed by atoms with Crippen molar-refractivity contribution in [1.29, 1.82) is 0 Å². The first-order chi connectivity index (χ1) is 12.3. The summed E-state index contributed by atoms with van der Waals surface area (Å²) in [5.74, 6) is -0.611. The van der Waals surface area contributed by atoms with E-state index in [1.165, 1.54) is 0 Å².